The molecule has 1 N–H and O–H groups in total. The molecule has 0 radical (unpaired) electrons. The van der Waals surface area contributed by atoms with Crippen molar-refractivity contribution >= 4 is 11.3 Å². The molecule has 0 atom stereocenters. The lowest BCUT2D eigenvalue weighted by molar-refractivity contribution is 0.668. The molecule has 0 bridgehead atoms. The van der Waals surface area contributed by atoms with Crippen LogP contribution in [-0.2, 0) is 13.1 Å². The van der Waals surface area contributed by atoms with E-state index in [1.165, 1.54) is 0 Å². The Hall–Kier alpha value is -1.26. The first-order chi connectivity index (χ1) is 7.74. The molecule has 2 rings (SSSR count). The Morgan fingerprint density at radius 2 is 1.94 bits per heavy atom. The third-order valence-electron chi connectivity index (χ3n) is 2.22. The van der Waals surface area contributed by atoms with Crippen molar-refractivity contribution in [3.63, 3.8) is 0 Å². The van der Waals surface area contributed by atoms with Crippen molar-refractivity contribution in [1.82, 2.24) is 15.3 Å². The number of pyridine rings is 1. The Morgan fingerprint density at radius 1 is 1.12 bits per heavy atom. The van der Waals surface area contributed by atoms with Crippen molar-refractivity contribution in [2.75, 3.05) is 0 Å². The molecule has 0 fully saturated rings. The molecule has 0 aromatic carbocycles. The van der Waals surface area contributed by atoms with Gasteiger partial charge >= 0.3 is 0 Å². The average Bonchev–Trinajstić information content (AvgIpc) is 2.64. The maximum atomic E-state index is 4.43. The second kappa shape index (κ2) is 5.18. The van der Waals surface area contributed by atoms with E-state index in [4.69, 9.17) is 0 Å². The van der Waals surface area contributed by atoms with E-state index in [1.807, 2.05) is 32.0 Å². The van der Waals surface area contributed by atoms with Gasteiger partial charge in [-0.15, -0.1) is 11.3 Å². The van der Waals surface area contributed by atoms with Crippen molar-refractivity contribution < 1.29 is 0 Å². The van der Waals surface area contributed by atoms with Crippen LogP contribution in [0.4, 0.5) is 0 Å². The number of nitrogens with one attached hydrogen (secondary N) is 1. The number of aromatic nitrogens is 2. The quantitative estimate of drug-likeness (QED) is 0.881. The van der Waals surface area contributed by atoms with Gasteiger partial charge in [-0.3, -0.25) is 4.98 Å². The first-order valence-electron chi connectivity index (χ1n) is 5.28. The molecule has 4 heteroatoms. The number of thiazole rings is 1. The summed E-state index contributed by atoms with van der Waals surface area (Å²) in [6, 6.07) is 6.08. The molecule has 2 aromatic heterocycles. The van der Waals surface area contributed by atoms with Gasteiger partial charge in [-0.2, -0.15) is 0 Å². The monoisotopic (exact) mass is 233 g/mol. The summed E-state index contributed by atoms with van der Waals surface area (Å²) >= 11 is 1.69. The van der Waals surface area contributed by atoms with Crippen LogP contribution < -0.4 is 5.32 Å². The Labute approximate surface area is 99.6 Å². The molecule has 0 saturated heterocycles. The average molecular weight is 233 g/mol. The normalized spacial score (nSPS) is 10.6. The fourth-order valence-electron chi connectivity index (χ4n) is 1.51. The van der Waals surface area contributed by atoms with E-state index < -0.39 is 0 Å². The minimum absolute atomic E-state index is 0.790. The standard InChI is InChI=1S/C12H15N3S/c1-9-4-3-5-11(14-9)6-13-7-12-8-16-10(2)15-12/h3-5,8,13H,6-7H2,1-2H3. The summed E-state index contributed by atoms with van der Waals surface area (Å²) in [6.07, 6.45) is 0. The topological polar surface area (TPSA) is 37.8 Å². The van der Waals surface area contributed by atoms with Crippen LogP contribution in [-0.4, -0.2) is 9.97 Å². The SMILES string of the molecule is Cc1cccc(CNCc2csc(C)n2)n1. The van der Waals surface area contributed by atoms with Crippen molar-refractivity contribution in [2.24, 2.45) is 0 Å². The molecule has 0 spiro atoms. The Kier molecular flexibility index (Phi) is 3.64. The Morgan fingerprint density at radius 3 is 2.62 bits per heavy atom. The van der Waals surface area contributed by atoms with Gasteiger partial charge in [0.1, 0.15) is 0 Å². The molecule has 16 heavy (non-hydrogen) atoms. The smallest absolute Gasteiger partial charge is 0.0897 e. The highest BCUT2D eigenvalue weighted by molar-refractivity contribution is 7.09. The maximum absolute atomic E-state index is 4.43. The van der Waals surface area contributed by atoms with E-state index in [-0.39, 0.29) is 0 Å². The van der Waals surface area contributed by atoms with Crippen LogP contribution in [0.25, 0.3) is 0 Å². The minimum Gasteiger partial charge on any atom is -0.305 e. The van der Waals surface area contributed by atoms with Crippen molar-refractivity contribution in [1.29, 1.82) is 0 Å². The molecular formula is C12H15N3S. The summed E-state index contributed by atoms with van der Waals surface area (Å²) in [5.74, 6) is 0. The zero-order valence-corrected chi connectivity index (χ0v) is 10.3. The second-order valence-corrected chi connectivity index (χ2v) is 4.79. The van der Waals surface area contributed by atoms with E-state index in [2.05, 4.69) is 20.7 Å². The summed E-state index contributed by atoms with van der Waals surface area (Å²) < 4.78 is 0. The lowest BCUT2D eigenvalue weighted by Crippen LogP contribution is -2.14. The lowest BCUT2D eigenvalue weighted by Gasteiger charge is -2.03. The van der Waals surface area contributed by atoms with Crippen molar-refractivity contribution in [3.8, 4) is 0 Å². The van der Waals surface area contributed by atoms with Gasteiger partial charge in [0.25, 0.3) is 0 Å². The van der Waals surface area contributed by atoms with Crippen molar-refractivity contribution in [3.05, 3.63) is 45.7 Å². The van der Waals surface area contributed by atoms with Gasteiger partial charge in [0, 0.05) is 24.2 Å². The molecule has 2 heterocycles. The van der Waals surface area contributed by atoms with Crippen LogP contribution in [0.15, 0.2) is 23.6 Å². The summed E-state index contributed by atoms with van der Waals surface area (Å²) in [5, 5.41) is 6.55. The summed E-state index contributed by atoms with van der Waals surface area (Å²) in [4.78, 5) is 8.82. The van der Waals surface area contributed by atoms with Gasteiger partial charge in [-0.25, -0.2) is 4.98 Å². The summed E-state index contributed by atoms with van der Waals surface area (Å²) in [7, 11) is 0. The van der Waals surface area contributed by atoms with Crippen LogP contribution in [0, 0.1) is 13.8 Å². The van der Waals surface area contributed by atoms with Gasteiger partial charge in [0.2, 0.25) is 0 Å². The van der Waals surface area contributed by atoms with Gasteiger partial charge < -0.3 is 5.32 Å². The van der Waals surface area contributed by atoms with Crippen LogP contribution in [0.5, 0.6) is 0 Å². The molecular weight excluding hydrogens is 218 g/mol. The van der Waals surface area contributed by atoms with Crippen LogP contribution in [0.2, 0.25) is 0 Å². The number of nitrogens with zero attached hydrogens (tertiary/aromatic N) is 2. The Balaban J connectivity index is 1.84. The molecule has 0 saturated carbocycles. The number of rotatable bonds is 4. The molecule has 0 unspecified atom stereocenters. The first kappa shape index (κ1) is 11.2. The predicted molar refractivity (Wildman–Crippen MR) is 66.4 cm³/mol. The van der Waals surface area contributed by atoms with Gasteiger partial charge in [-0.1, -0.05) is 6.07 Å². The molecule has 0 amide bonds. The third-order valence-corrected chi connectivity index (χ3v) is 3.05. The molecule has 3 nitrogen and oxygen atoms in total. The van der Waals surface area contributed by atoms with Gasteiger partial charge in [-0.05, 0) is 26.0 Å². The minimum atomic E-state index is 0.790. The van der Waals surface area contributed by atoms with Gasteiger partial charge in [0.05, 0.1) is 16.4 Å². The highest BCUT2D eigenvalue weighted by atomic mass is 32.1. The number of hydrogen-bond acceptors (Lipinski definition) is 4. The fourth-order valence-corrected chi connectivity index (χ4v) is 2.12. The highest BCUT2D eigenvalue weighted by Gasteiger charge is 1.98. The molecule has 0 aliphatic heterocycles. The molecule has 84 valence electrons. The van der Waals surface area contributed by atoms with E-state index in [0.29, 0.717) is 0 Å². The van der Waals surface area contributed by atoms with Crippen LogP contribution >= 0.6 is 11.3 Å². The lowest BCUT2D eigenvalue weighted by atomic mass is 10.3. The van der Waals surface area contributed by atoms with E-state index in [9.17, 15) is 0 Å². The largest absolute Gasteiger partial charge is 0.305 e. The maximum Gasteiger partial charge on any atom is 0.0897 e. The molecule has 2 aromatic rings. The molecule has 0 aliphatic rings. The summed E-state index contributed by atoms with van der Waals surface area (Å²) in [6.45, 7) is 5.63. The van der Waals surface area contributed by atoms with Crippen LogP contribution in [0.3, 0.4) is 0 Å². The third kappa shape index (κ3) is 3.12. The van der Waals surface area contributed by atoms with E-state index in [1.54, 1.807) is 11.3 Å². The Bertz CT molecular complexity index is 465. The van der Waals surface area contributed by atoms with Crippen molar-refractivity contribution in [2.45, 2.75) is 26.9 Å². The second-order valence-electron chi connectivity index (χ2n) is 3.73. The fraction of sp³-hybridized carbons (Fsp3) is 0.333. The number of aryl methyl sites for hydroxylation is 2. The van der Waals surface area contributed by atoms with E-state index in [0.717, 1.165) is 35.2 Å². The number of hydrogen-bond donors (Lipinski definition) is 1. The first-order valence-corrected chi connectivity index (χ1v) is 6.16. The van der Waals surface area contributed by atoms with Crippen LogP contribution in [0.1, 0.15) is 22.1 Å². The predicted octanol–water partition coefficient (Wildman–Crippen LogP) is 2.44. The van der Waals surface area contributed by atoms with Gasteiger partial charge in [0.15, 0.2) is 0 Å². The zero-order valence-electron chi connectivity index (χ0n) is 9.53. The van der Waals surface area contributed by atoms with E-state index >= 15 is 0 Å². The highest BCUT2D eigenvalue weighted by Crippen LogP contribution is 2.07. The molecule has 0 aliphatic carbocycles. The summed E-state index contributed by atoms with van der Waals surface area (Å²) in [5.41, 5.74) is 3.24. The zero-order chi connectivity index (χ0) is 11.4.